The van der Waals surface area contributed by atoms with Gasteiger partial charge >= 0.3 is 11.7 Å². The third-order valence-corrected chi connectivity index (χ3v) is 4.41. The summed E-state index contributed by atoms with van der Waals surface area (Å²) in [6, 6.07) is 16.0. The van der Waals surface area contributed by atoms with Gasteiger partial charge in [0.1, 0.15) is 0 Å². The number of carbonyl (C=O) groups excluding carboxylic acids is 1. The van der Waals surface area contributed by atoms with E-state index in [1.165, 1.54) is 17.7 Å². The molecule has 0 aromatic heterocycles. The van der Waals surface area contributed by atoms with Gasteiger partial charge in [0.15, 0.2) is 11.4 Å². The molecule has 0 fully saturated rings. The summed E-state index contributed by atoms with van der Waals surface area (Å²) in [6.45, 7) is 3.18. The number of esters is 1. The second kappa shape index (κ2) is 6.25. The van der Waals surface area contributed by atoms with Crippen LogP contribution in [0.25, 0.3) is 22.1 Å². The normalized spacial score (nSPS) is 11.0. The van der Waals surface area contributed by atoms with Gasteiger partial charge in [-0.2, -0.15) is 0 Å². The molecule has 0 saturated carbocycles. The van der Waals surface area contributed by atoms with Crippen LogP contribution in [0.1, 0.15) is 12.5 Å². The fourth-order valence-electron chi connectivity index (χ4n) is 3.14. The molecule has 2 aliphatic heterocycles. The lowest BCUT2D eigenvalue weighted by atomic mass is 10.1. The molecule has 27 heavy (non-hydrogen) atoms. The van der Waals surface area contributed by atoms with Gasteiger partial charge in [-0.15, -0.1) is 0 Å². The number of benzene rings is 2. The second-order valence-corrected chi connectivity index (χ2v) is 6.30. The Bertz CT molecular complexity index is 1270. The molecule has 2 aliphatic rings. The van der Waals surface area contributed by atoms with Crippen LogP contribution in [0, 0.1) is 6.92 Å². The highest BCUT2D eigenvalue weighted by Crippen LogP contribution is 2.29. The van der Waals surface area contributed by atoms with Crippen LogP contribution < -0.4 is 16.0 Å². The molecular weight excluding hydrogens is 344 g/mol. The highest BCUT2D eigenvalue weighted by atomic mass is 16.5. The van der Waals surface area contributed by atoms with E-state index >= 15 is 0 Å². The van der Waals surface area contributed by atoms with Crippen LogP contribution in [0.4, 0.5) is 0 Å². The van der Waals surface area contributed by atoms with Crippen molar-refractivity contribution in [3.63, 3.8) is 0 Å². The van der Waals surface area contributed by atoms with Gasteiger partial charge in [0.05, 0.1) is 5.69 Å². The second-order valence-electron chi connectivity index (χ2n) is 6.30. The Hall–Kier alpha value is -3.67. The molecule has 0 amide bonds. The topological polar surface area (TPSA) is 70.3 Å². The summed E-state index contributed by atoms with van der Waals surface area (Å²) in [6.07, 6.45) is 1.53. The summed E-state index contributed by atoms with van der Waals surface area (Å²) in [5.41, 5.74) is 0.437. The Balaban J connectivity index is 2.16. The lowest BCUT2D eigenvalue weighted by Crippen LogP contribution is -2.24. The molecule has 2 aromatic rings. The number of imidazole rings is 1. The maximum atomic E-state index is 13.2. The van der Waals surface area contributed by atoms with Gasteiger partial charge < -0.3 is 4.74 Å². The third kappa shape index (κ3) is 2.71. The van der Waals surface area contributed by atoms with Gasteiger partial charge in [-0.3, -0.25) is 14.2 Å². The van der Waals surface area contributed by atoms with E-state index < -0.39 is 17.2 Å². The van der Waals surface area contributed by atoms with Crippen LogP contribution in [0.15, 0.2) is 70.4 Å². The molecule has 0 spiro atoms. The van der Waals surface area contributed by atoms with E-state index in [2.05, 4.69) is 0 Å². The van der Waals surface area contributed by atoms with Crippen molar-refractivity contribution < 1.29 is 9.53 Å². The van der Waals surface area contributed by atoms with Gasteiger partial charge in [0.2, 0.25) is 0 Å². The zero-order valence-electron chi connectivity index (χ0n) is 14.8. The summed E-state index contributed by atoms with van der Waals surface area (Å²) < 4.78 is 7.70. The standard InChI is InChI=1S/C21H16N2O4/c1-13-7-9-16(10-8-13)23-20(25)18-19(27-14(2)24)17-6-4-3-5-15(17)11-12-22(18)21(23)26/h3-12H,1-2H3. The molecule has 4 rings (SSSR count). The average Bonchev–Trinajstić information content (AvgIpc) is 2.79. The molecule has 6 heteroatoms. The quantitative estimate of drug-likeness (QED) is 0.516. The predicted octanol–water partition coefficient (Wildman–Crippen LogP) is 2.81. The first-order valence-electron chi connectivity index (χ1n) is 8.42. The highest BCUT2D eigenvalue weighted by molar-refractivity contribution is 5.92. The van der Waals surface area contributed by atoms with E-state index in [0.29, 0.717) is 11.1 Å². The smallest absolute Gasteiger partial charge is 0.340 e. The number of rotatable bonds is 2. The van der Waals surface area contributed by atoms with Crippen LogP contribution in [0.3, 0.4) is 0 Å². The molecule has 0 unspecified atom stereocenters. The van der Waals surface area contributed by atoms with Crippen molar-refractivity contribution in [2.24, 2.45) is 0 Å². The van der Waals surface area contributed by atoms with Gasteiger partial charge in [-0.1, -0.05) is 42.0 Å². The number of aromatic nitrogens is 2. The van der Waals surface area contributed by atoms with Crippen molar-refractivity contribution in [2.45, 2.75) is 13.8 Å². The number of ether oxygens (including phenoxy) is 1. The van der Waals surface area contributed by atoms with E-state index in [9.17, 15) is 14.4 Å². The number of nitrogens with zero attached hydrogens (tertiary/aromatic N) is 2. The minimum atomic E-state index is -0.566. The highest BCUT2D eigenvalue weighted by Gasteiger charge is 2.24. The Labute approximate surface area is 154 Å². The summed E-state index contributed by atoms with van der Waals surface area (Å²) >= 11 is 0. The van der Waals surface area contributed by atoms with E-state index in [0.717, 1.165) is 15.5 Å². The molecule has 6 nitrogen and oxygen atoms in total. The molecule has 2 aromatic carbocycles. The average molecular weight is 360 g/mol. The van der Waals surface area contributed by atoms with E-state index in [1.54, 1.807) is 30.3 Å². The maximum absolute atomic E-state index is 13.2. The van der Waals surface area contributed by atoms with Crippen LogP contribution in [0.5, 0.6) is 5.75 Å². The van der Waals surface area contributed by atoms with Crippen molar-refractivity contribution in [2.75, 3.05) is 0 Å². The van der Waals surface area contributed by atoms with Crippen LogP contribution in [-0.4, -0.2) is 15.1 Å². The lowest BCUT2D eigenvalue weighted by Gasteiger charge is -2.05. The lowest BCUT2D eigenvalue weighted by molar-refractivity contribution is -0.131. The first-order valence-corrected chi connectivity index (χ1v) is 8.42. The summed E-state index contributed by atoms with van der Waals surface area (Å²) in [4.78, 5) is 37.8. The number of fused-ring (bicyclic) bond motifs is 2. The first kappa shape index (κ1) is 16.8. The van der Waals surface area contributed by atoms with Crippen molar-refractivity contribution in [3.8, 4) is 17.1 Å². The van der Waals surface area contributed by atoms with Crippen molar-refractivity contribution in [3.05, 3.63) is 87.2 Å². The Morgan fingerprint density at radius 2 is 1.67 bits per heavy atom. The SMILES string of the molecule is CC(=O)Oc1c2c(=O)n(-c3ccc(C)cc3)c(=O)n-2ccc2ccccc12. The zero-order chi connectivity index (χ0) is 19.1. The minimum absolute atomic E-state index is 0.0250. The van der Waals surface area contributed by atoms with Crippen molar-refractivity contribution in [1.82, 2.24) is 9.13 Å². The predicted molar refractivity (Wildman–Crippen MR) is 102 cm³/mol. The molecule has 0 radical (unpaired) electrons. The Morgan fingerprint density at radius 3 is 2.37 bits per heavy atom. The van der Waals surface area contributed by atoms with E-state index in [-0.39, 0.29) is 11.4 Å². The summed E-state index contributed by atoms with van der Waals surface area (Å²) in [7, 11) is 0. The molecule has 0 bridgehead atoms. The van der Waals surface area contributed by atoms with Crippen LogP contribution in [0.2, 0.25) is 0 Å². The fourth-order valence-corrected chi connectivity index (χ4v) is 3.14. The first-order chi connectivity index (χ1) is 13.0. The Morgan fingerprint density at radius 1 is 0.963 bits per heavy atom. The van der Waals surface area contributed by atoms with Gasteiger partial charge in [-0.25, -0.2) is 9.36 Å². The molecule has 2 heterocycles. The Kier molecular flexibility index (Phi) is 3.88. The number of aryl methyl sites for hydroxylation is 1. The monoisotopic (exact) mass is 360 g/mol. The number of hydrogen-bond donors (Lipinski definition) is 0. The van der Waals surface area contributed by atoms with Gasteiger partial charge in [-0.05, 0) is 30.5 Å². The summed E-state index contributed by atoms with van der Waals surface area (Å²) in [5, 5.41) is 1.33. The van der Waals surface area contributed by atoms with Crippen LogP contribution >= 0.6 is 0 Å². The van der Waals surface area contributed by atoms with Gasteiger partial charge in [0, 0.05) is 18.5 Å². The minimum Gasteiger partial charge on any atom is -0.424 e. The number of carbonyl (C=O) groups is 1. The van der Waals surface area contributed by atoms with E-state index in [4.69, 9.17) is 4.74 Å². The van der Waals surface area contributed by atoms with Crippen LogP contribution in [-0.2, 0) is 4.79 Å². The van der Waals surface area contributed by atoms with E-state index in [1.807, 2.05) is 31.2 Å². The largest absolute Gasteiger partial charge is 0.424 e. The molecule has 134 valence electrons. The van der Waals surface area contributed by atoms with Crippen molar-refractivity contribution in [1.29, 1.82) is 0 Å². The van der Waals surface area contributed by atoms with Crippen molar-refractivity contribution >= 4 is 16.7 Å². The maximum Gasteiger partial charge on any atom is 0.340 e. The molecule has 0 aliphatic carbocycles. The molecule has 0 saturated heterocycles. The molecular formula is C21H16N2O4. The zero-order valence-corrected chi connectivity index (χ0v) is 14.8. The number of hydrogen-bond acceptors (Lipinski definition) is 4. The summed E-state index contributed by atoms with van der Waals surface area (Å²) in [5.74, 6) is -0.487. The fraction of sp³-hybridized carbons (Fsp3) is 0.0952. The van der Waals surface area contributed by atoms with Gasteiger partial charge in [0.25, 0.3) is 5.56 Å². The molecule has 0 N–H and O–H groups in total. The third-order valence-electron chi connectivity index (χ3n) is 4.41. The molecule has 0 atom stereocenters.